The molecule has 4 nitrogen and oxygen atoms in total. The molecule has 0 amide bonds. The van der Waals surface area contributed by atoms with Gasteiger partial charge >= 0.3 is 0 Å². The first-order valence-electron chi connectivity index (χ1n) is 6.12. The normalized spacial score (nSPS) is 11.7. The average Bonchev–Trinajstić information content (AvgIpc) is 2.89. The molecule has 3 aromatic rings. The van der Waals surface area contributed by atoms with Crippen LogP contribution in [0.15, 0.2) is 48.7 Å². The van der Waals surface area contributed by atoms with Gasteiger partial charge in [0.15, 0.2) is 5.65 Å². The van der Waals surface area contributed by atoms with Crippen LogP contribution in [0.3, 0.4) is 0 Å². The van der Waals surface area contributed by atoms with E-state index >= 15 is 0 Å². The van der Waals surface area contributed by atoms with Crippen molar-refractivity contribution in [1.29, 1.82) is 0 Å². The van der Waals surface area contributed by atoms with Gasteiger partial charge in [-0.15, -0.1) is 0 Å². The summed E-state index contributed by atoms with van der Waals surface area (Å²) < 4.78 is 0. The number of pyridine rings is 1. The van der Waals surface area contributed by atoms with E-state index in [9.17, 15) is 0 Å². The predicted molar refractivity (Wildman–Crippen MR) is 85.0 cm³/mol. The van der Waals surface area contributed by atoms with E-state index in [0.29, 0.717) is 22.0 Å². The summed E-state index contributed by atoms with van der Waals surface area (Å²) in [4.78, 5) is 12.1. The van der Waals surface area contributed by atoms with Crippen LogP contribution in [-0.2, 0) is 0 Å². The molecule has 0 unspecified atom stereocenters. The van der Waals surface area contributed by atoms with E-state index in [1.807, 2.05) is 48.5 Å². The minimum absolute atomic E-state index is 0.299. The number of hydrogen-bond acceptors (Lipinski definition) is 3. The van der Waals surface area contributed by atoms with E-state index < -0.39 is 0 Å². The molecule has 0 radical (unpaired) electrons. The monoisotopic (exact) mass is 280 g/mol. The molecule has 20 heavy (non-hydrogen) atoms. The van der Waals surface area contributed by atoms with Gasteiger partial charge in [-0.25, -0.2) is 9.97 Å². The first-order chi connectivity index (χ1) is 9.74. The smallest absolute Gasteiger partial charge is 0.178 e. The van der Waals surface area contributed by atoms with E-state index in [2.05, 4.69) is 15.0 Å². The predicted octanol–water partition coefficient (Wildman–Crippen LogP) is 2.78. The summed E-state index contributed by atoms with van der Waals surface area (Å²) in [7, 11) is 0. The number of nitrogens with two attached hydrogens (primary N) is 1. The van der Waals surface area contributed by atoms with Crippen LogP contribution in [0.5, 0.6) is 0 Å². The van der Waals surface area contributed by atoms with Crippen LogP contribution in [-0.4, -0.2) is 19.9 Å². The molecule has 5 heteroatoms. The molecule has 0 aliphatic carbocycles. The second-order valence-electron chi connectivity index (χ2n) is 4.29. The van der Waals surface area contributed by atoms with E-state index in [0.717, 1.165) is 11.1 Å². The Labute approximate surface area is 121 Å². The maximum Gasteiger partial charge on any atom is 0.178 e. The van der Waals surface area contributed by atoms with Gasteiger partial charge in [-0.3, -0.25) is 0 Å². The topological polar surface area (TPSA) is 67.6 Å². The third-order valence-corrected chi connectivity index (χ3v) is 3.11. The van der Waals surface area contributed by atoms with Crippen LogP contribution in [0.2, 0.25) is 0 Å². The Morgan fingerprint density at radius 3 is 2.65 bits per heavy atom. The standard InChI is InChI=1S/C15H12N4S/c16-13(20)11(9-10-5-2-1-3-6-10)14-18-12-7-4-8-17-15(12)19-14/h1-9H,(H2,16,20)(H,17,18,19)/b11-9+. The van der Waals surface area contributed by atoms with Crippen LogP contribution in [0.1, 0.15) is 11.4 Å². The highest BCUT2D eigenvalue weighted by Gasteiger charge is 2.11. The number of imidazole rings is 1. The molecule has 0 spiro atoms. The fourth-order valence-electron chi connectivity index (χ4n) is 1.94. The number of aromatic nitrogens is 3. The summed E-state index contributed by atoms with van der Waals surface area (Å²) in [6.07, 6.45) is 3.62. The van der Waals surface area contributed by atoms with E-state index in [-0.39, 0.29) is 0 Å². The van der Waals surface area contributed by atoms with Gasteiger partial charge in [0.25, 0.3) is 0 Å². The number of H-pyrrole nitrogens is 1. The molecule has 1 aromatic carbocycles. The lowest BCUT2D eigenvalue weighted by atomic mass is 10.1. The van der Waals surface area contributed by atoms with Gasteiger partial charge in [0.1, 0.15) is 10.8 Å². The van der Waals surface area contributed by atoms with Gasteiger partial charge in [0.05, 0.1) is 11.1 Å². The first-order valence-corrected chi connectivity index (χ1v) is 6.52. The Kier molecular flexibility index (Phi) is 3.26. The highest BCUT2D eigenvalue weighted by molar-refractivity contribution is 7.81. The van der Waals surface area contributed by atoms with Gasteiger partial charge in [0, 0.05) is 6.20 Å². The molecule has 0 aliphatic rings. The van der Waals surface area contributed by atoms with Crippen LogP contribution in [0.25, 0.3) is 22.8 Å². The zero-order chi connectivity index (χ0) is 13.9. The molecular weight excluding hydrogens is 268 g/mol. The third-order valence-electron chi connectivity index (χ3n) is 2.89. The Morgan fingerprint density at radius 2 is 1.95 bits per heavy atom. The lowest BCUT2D eigenvalue weighted by Crippen LogP contribution is -2.11. The fourth-order valence-corrected chi connectivity index (χ4v) is 2.10. The van der Waals surface area contributed by atoms with E-state index in [1.165, 1.54) is 0 Å². The lowest BCUT2D eigenvalue weighted by molar-refractivity contribution is 1.26. The highest BCUT2D eigenvalue weighted by atomic mass is 32.1. The number of aromatic amines is 1. The Morgan fingerprint density at radius 1 is 1.15 bits per heavy atom. The summed E-state index contributed by atoms with van der Waals surface area (Å²) in [6.45, 7) is 0. The van der Waals surface area contributed by atoms with Gasteiger partial charge in [0.2, 0.25) is 0 Å². The molecule has 0 saturated carbocycles. The van der Waals surface area contributed by atoms with E-state index in [4.69, 9.17) is 18.0 Å². The summed E-state index contributed by atoms with van der Waals surface area (Å²) in [5, 5.41) is 0. The molecule has 0 aliphatic heterocycles. The molecule has 0 bridgehead atoms. The second kappa shape index (κ2) is 5.22. The lowest BCUT2D eigenvalue weighted by Gasteiger charge is -2.02. The van der Waals surface area contributed by atoms with E-state index in [1.54, 1.807) is 6.20 Å². The molecule has 2 heterocycles. The number of nitrogens with zero attached hydrogens (tertiary/aromatic N) is 2. The molecule has 98 valence electrons. The van der Waals surface area contributed by atoms with Crippen molar-refractivity contribution in [2.75, 3.05) is 0 Å². The van der Waals surface area contributed by atoms with Gasteiger partial charge < -0.3 is 10.7 Å². The van der Waals surface area contributed by atoms with Gasteiger partial charge in [-0.1, -0.05) is 42.5 Å². The summed E-state index contributed by atoms with van der Waals surface area (Å²) in [6, 6.07) is 13.6. The molecule has 0 atom stereocenters. The van der Waals surface area contributed by atoms with Gasteiger partial charge in [-0.05, 0) is 23.8 Å². The van der Waals surface area contributed by atoms with Crippen molar-refractivity contribution in [3.05, 3.63) is 60.0 Å². The maximum atomic E-state index is 5.82. The zero-order valence-corrected chi connectivity index (χ0v) is 11.4. The van der Waals surface area contributed by atoms with Crippen LogP contribution < -0.4 is 5.73 Å². The first kappa shape index (κ1) is 12.5. The third kappa shape index (κ3) is 2.44. The number of nitrogens with one attached hydrogen (secondary N) is 1. The Bertz CT molecular complexity index is 757. The Hall–Kier alpha value is -2.53. The molecule has 2 aromatic heterocycles. The van der Waals surface area contributed by atoms with Crippen molar-refractivity contribution in [3.8, 4) is 0 Å². The van der Waals surface area contributed by atoms with Crippen molar-refractivity contribution in [2.45, 2.75) is 0 Å². The minimum atomic E-state index is 0.299. The fraction of sp³-hybridized carbons (Fsp3) is 0. The summed E-state index contributed by atoms with van der Waals surface area (Å²) >= 11 is 5.13. The molecule has 3 N–H and O–H groups in total. The second-order valence-corrected chi connectivity index (χ2v) is 4.73. The maximum absolute atomic E-state index is 5.82. The summed E-state index contributed by atoms with van der Waals surface area (Å²) in [5.41, 5.74) is 9.05. The Balaban J connectivity index is 2.11. The number of fused-ring (bicyclic) bond motifs is 1. The zero-order valence-electron chi connectivity index (χ0n) is 10.6. The van der Waals surface area contributed by atoms with Crippen molar-refractivity contribution in [1.82, 2.24) is 15.0 Å². The number of thiocarbonyl (C=S) groups is 1. The van der Waals surface area contributed by atoms with Crippen LogP contribution in [0, 0.1) is 0 Å². The number of rotatable bonds is 3. The molecule has 3 rings (SSSR count). The molecule has 0 saturated heterocycles. The highest BCUT2D eigenvalue weighted by Crippen LogP contribution is 2.18. The minimum Gasteiger partial charge on any atom is -0.389 e. The van der Waals surface area contributed by atoms with Crippen molar-refractivity contribution in [3.63, 3.8) is 0 Å². The SMILES string of the molecule is NC(=S)/C(=C\c1ccccc1)c1nc2ncccc2[nH]1. The van der Waals surface area contributed by atoms with Crippen LogP contribution in [0.4, 0.5) is 0 Å². The molecular formula is C15H12N4S. The largest absolute Gasteiger partial charge is 0.389 e. The number of hydrogen-bond donors (Lipinski definition) is 2. The summed E-state index contributed by atoms with van der Waals surface area (Å²) in [5.74, 6) is 0.634. The molecule has 0 fully saturated rings. The average molecular weight is 280 g/mol. The van der Waals surface area contributed by atoms with Crippen molar-refractivity contribution in [2.24, 2.45) is 5.73 Å². The van der Waals surface area contributed by atoms with Crippen molar-refractivity contribution < 1.29 is 0 Å². The quantitative estimate of drug-likeness (QED) is 0.572. The van der Waals surface area contributed by atoms with Gasteiger partial charge in [-0.2, -0.15) is 0 Å². The van der Waals surface area contributed by atoms with Crippen LogP contribution >= 0.6 is 12.2 Å². The van der Waals surface area contributed by atoms with Crippen molar-refractivity contribution >= 4 is 40.0 Å². The number of benzene rings is 1.